The van der Waals surface area contributed by atoms with Gasteiger partial charge in [-0.05, 0) is 42.0 Å². The van der Waals surface area contributed by atoms with E-state index >= 15 is 0 Å². The van der Waals surface area contributed by atoms with Crippen LogP contribution in [0.2, 0.25) is 0 Å². The molecule has 0 bridgehead atoms. The second kappa shape index (κ2) is 7.84. The molecule has 2 aromatic carbocycles. The number of piperazine rings is 1. The standard InChI is InChI=1S/C22H25N3O2/c1-26-21-9-8-17(15-22(21)27-2)16-24-11-13-25(14-12-24)20-7-3-6-19-18(20)5-4-10-23-19/h3-10,15H,11-14,16H2,1-2H3. The third-order valence-electron chi connectivity index (χ3n) is 5.19. The topological polar surface area (TPSA) is 37.8 Å². The number of nitrogens with zero attached hydrogens (tertiary/aromatic N) is 3. The highest BCUT2D eigenvalue weighted by Gasteiger charge is 2.19. The summed E-state index contributed by atoms with van der Waals surface area (Å²) < 4.78 is 10.8. The van der Waals surface area contributed by atoms with Crippen molar-refractivity contribution in [3.05, 3.63) is 60.3 Å². The molecular weight excluding hydrogens is 338 g/mol. The van der Waals surface area contributed by atoms with Crippen LogP contribution in [0.3, 0.4) is 0 Å². The molecule has 0 atom stereocenters. The Balaban J connectivity index is 1.43. The van der Waals surface area contributed by atoms with Gasteiger partial charge in [0.1, 0.15) is 0 Å². The van der Waals surface area contributed by atoms with Gasteiger partial charge in [-0.25, -0.2) is 0 Å². The molecule has 1 fully saturated rings. The lowest BCUT2D eigenvalue weighted by Gasteiger charge is -2.36. The summed E-state index contributed by atoms with van der Waals surface area (Å²) in [4.78, 5) is 9.43. The van der Waals surface area contributed by atoms with Crippen LogP contribution in [0.1, 0.15) is 5.56 Å². The first kappa shape index (κ1) is 17.6. The van der Waals surface area contributed by atoms with Gasteiger partial charge in [0.25, 0.3) is 0 Å². The Hall–Kier alpha value is -2.79. The number of anilines is 1. The normalized spacial score (nSPS) is 15.1. The molecule has 2 heterocycles. The Bertz CT molecular complexity index is 915. The molecule has 0 spiro atoms. The summed E-state index contributed by atoms with van der Waals surface area (Å²) in [5, 5.41) is 1.23. The van der Waals surface area contributed by atoms with E-state index in [0.717, 1.165) is 49.7 Å². The molecular formula is C22H25N3O2. The van der Waals surface area contributed by atoms with Crippen molar-refractivity contribution < 1.29 is 9.47 Å². The zero-order valence-electron chi connectivity index (χ0n) is 15.9. The van der Waals surface area contributed by atoms with Crippen LogP contribution in [0.5, 0.6) is 11.5 Å². The largest absolute Gasteiger partial charge is 0.493 e. The molecule has 27 heavy (non-hydrogen) atoms. The summed E-state index contributed by atoms with van der Waals surface area (Å²) in [5.74, 6) is 1.56. The van der Waals surface area contributed by atoms with E-state index in [1.54, 1.807) is 14.2 Å². The molecule has 3 aromatic rings. The molecule has 5 nitrogen and oxygen atoms in total. The molecule has 0 saturated carbocycles. The van der Waals surface area contributed by atoms with Crippen LogP contribution in [0.4, 0.5) is 5.69 Å². The number of fused-ring (bicyclic) bond motifs is 1. The van der Waals surface area contributed by atoms with E-state index in [-0.39, 0.29) is 0 Å². The van der Waals surface area contributed by atoms with E-state index in [2.05, 4.69) is 51.2 Å². The van der Waals surface area contributed by atoms with Crippen LogP contribution in [-0.4, -0.2) is 50.3 Å². The van der Waals surface area contributed by atoms with E-state index < -0.39 is 0 Å². The van der Waals surface area contributed by atoms with E-state index in [4.69, 9.17) is 9.47 Å². The van der Waals surface area contributed by atoms with E-state index in [0.29, 0.717) is 0 Å². The SMILES string of the molecule is COc1ccc(CN2CCN(c3cccc4ncccc34)CC2)cc1OC. The van der Waals surface area contributed by atoms with Crippen molar-refractivity contribution in [2.24, 2.45) is 0 Å². The van der Waals surface area contributed by atoms with Crippen LogP contribution in [0.15, 0.2) is 54.7 Å². The van der Waals surface area contributed by atoms with Gasteiger partial charge in [0, 0.05) is 50.0 Å². The molecule has 5 heteroatoms. The third kappa shape index (κ3) is 3.69. The molecule has 0 unspecified atom stereocenters. The fourth-order valence-electron chi connectivity index (χ4n) is 3.75. The quantitative estimate of drug-likeness (QED) is 0.693. The first-order valence-corrected chi connectivity index (χ1v) is 9.30. The summed E-state index contributed by atoms with van der Waals surface area (Å²) >= 11 is 0. The third-order valence-corrected chi connectivity index (χ3v) is 5.19. The van der Waals surface area contributed by atoms with Crippen molar-refractivity contribution in [2.75, 3.05) is 45.3 Å². The van der Waals surface area contributed by atoms with Crippen LogP contribution in [-0.2, 0) is 6.54 Å². The highest BCUT2D eigenvalue weighted by molar-refractivity contribution is 5.91. The number of pyridine rings is 1. The average Bonchev–Trinajstić information content (AvgIpc) is 2.74. The second-order valence-corrected chi connectivity index (χ2v) is 6.80. The molecule has 0 radical (unpaired) electrons. The summed E-state index contributed by atoms with van der Waals surface area (Å²) in [6, 6.07) is 16.7. The van der Waals surface area contributed by atoms with Gasteiger partial charge < -0.3 is 14.4 Å². The van der Waals surface area contributed by atoms with Gasteiger partial charge in [0.2, 0.25) is 0 Å². The number of rotatable bonds is 5. The number of methoxy groups -OCH3 is 2. The average molecular weight is 363 g/mol. The van der Waals surface area contributed by atoms with Crippen molar-refractivity contribution in [1.29, 1.82) is 0 Å². The molecule has 0 aliphatic carbocycles. The molecule has 1 aliphatic heterocycles. The Morgan fingerprint density at radius 3 is 2.48 bits per heavy atom. The number of hydrogen-bond donors (Lipinski definition) is 0. The number of ether oxygens (including phenoxy) is 2. The predicted octanol–water partition coefficient (Wildman–Crippen LogP) is 3.57. The Labute approximate surface area is 160 Å². The molecule has 1 aliphatic rings. The lowest BCUT2D eigenvalue weighted by Crippen LogP contribution is -2.46. The Morgan fingerprint density at radius 2 is 1.70 bits per heavy atom. The van der Waals surface area contributed by atoms with Crippen LogP contribution < -0.4 is 14.4 Å². The lowest BCUT2D eigenvalue weighted by molar-refractivity contribution is 0.249. The number of hydrogen-bond acceptors (Lipinski definition) is 5. The summed E-state index contributed by atoms with van der Waals surface area (Å²) in [7, 11) is 3.35. The smallest absolute Gasteiger partial charge is 0.161 e. The van der Waals surface area contributed by atoms with Gasteiger partial charge >= 0.3 is 0 Å². The van der Waals surface area contributed by atoms with Gasteiger partial charge in [-0.2, -0.15) is 0 Å². The maximum atomic E-state index is 5.42. The molecule has 1 saturated heterocycles. The minimum absolute atomic E-state index is 0.774. The zero-order chi connectivity index (χ0) is 18.6. The Morgan fingerprint density at radius 1 is 0.889 bits per heavy atom. The summed E-state index contributed by atoms with van der Waals surface area (Å²) in [6.45, 7) is 5.02. The van der Waals surface area contributed by atoms with Gasteiger partial charge in [-0.15, -0.1) is 0 Å². The lowest BCUT2D eigenvalue weighted by atomic mass is 10.1. The molecule has 4 rings (SSSR count). The fourth-order valence-corrected chi connectivity index (χ4v) is 3.75. The van der Waals surface area contributed by atoms with Crippen molar-refractivity contribution in [1.82, 2.24) is 9.88 Å². The molecule has 1 aromatic heterocycles. The van der Waals surface area contributed by atoms with Crippen molar-refractivity contribution in [3.63, 3.8) is 0 Å². The molecule has 0 N–H and O–H groups in total. The van der Waals surface area contributed by atoms with E-state index in [1.807, 2.05) is 18.3 Å². The first-order chi connectivity index (χ1) is 13.3. The minimum Gasteiger partial charge on any atom is -0.493 e. The first-order valence-electron chi connectivity index (χ1n) is 9.30. The molecule has 0 amide bonds. The van der Waals surface area contributed by atoms with Crippen molar-refractivity contribution in [2.45, 2.75) is 6.54 Å². The molecule has 140 valence electrons. The van der Waals surface area contributed by atoms with Gasteiger partial charge in [-0.1, -0.05) is 12.1 Å². The van der Waals surface area contributed by atoms with Crippen LogP contribution in [0, 0.1) is 0 Å². The maximum absolute atomic E-state index is 5.42. The fraction of sp³-hybridized carbons (Fsp3) is 0.318. The second-order valence-electron chi connectivity index (χ2n) is 6.80. The van der Waals surface area contributed by atoms with Crippen molar-refractivity contribution in [3.8, 4) is 11.5 Å². The monoisotopic (exact) mass is 363 g/mol. The summed E-state index contributed by atoms with van der Waals surface area (Å²) in [5.41, 5.74) is 3.59. The van der Waals surface area contributed by atoms with E-state index in [1.165, 1.54) is 16.6 Å². The van der Waals surface area contributed by atoms with Gasteiger partial charge in [0.15, 0.2) is 11.5 Å². The minimum atomic E-state index is 0.774. The number of benzene rings is 2. The van der Waals surface area contributed by atoms with Crippen molar-refractivity contribution >= 4 is 16.6 Å². The highest BCUT2D eigenvalue weighted by atomic mass is 16.5. The van der Waals surface area contributed by atoms with Gasteiger partial charge in [-0.3, -0.25) is 9.88 Å². The van der Waals surface area contributed by atoms with E-state index in [9.17, 15) is 0 Å². The van der Waals surface area contributed by atoms with Gasteiger partial charge in [0.05, 0.1) is 19.7 Å². The highest BCUT2D eigenvalue weighted by Crippen LogP contribution is 2.29. The predicted molar refractivity (Wildman–Crippen MR) is 109 cm³/mol. The summed E-state index contributed by atoms with van der Waals surface area (Å²) in [6.07, 6.45) is 1.85. The Kier molecular flexibility index (Phi) is 5.12. The van der Waals surface area contributed by atoms with Crippen LogP contribution >= 0.6 is 0 Å². The maximum Gasteiger partial charge on any atom is 0.161 e. The zero-order valence-corrected chi connectivity index (χ0v) is 15.9. The van der Waals surface area contributed by atoms with Crippen LogP contribution in [0.25, 0.3) is 10.9 Å². The number of aromatic nitrogens is 1.